The van der Waals surface area contributed by atoms with E-state index >= 15 is 0 Å². The molecule has 0 saturated heterocycles. The van der Waals surface area contributed by atoms with E-state index in [0.717, 1.165) is 6.07 Å². The number of benzene rings is 1. The van der Waals surface area contributed by atoms with Crippen molar-refractivity contribution in [1.29, 1.82) is 0 Å². The van der Waals surface area contributed by atoms with Crippen LogP contribution in [0.3, 0.4) is 0 Å². The number of alkyl halides is 3. The third kappa shape index (κ3) is 7.01. The Labute approximate surface area is 138 Å². The molecule has 0 fully saturated rings. The van der Waals surface area contributed by atoms with Gasteiger partial charge in [-0.05, 0) is 12.1 Å². The summed E-state index contributed by atoms with van der Waals surface area (Å²) in [4.78, 5) is 20.9. The number of amides is 1. The van der Waals surface area contributed by atoms with E-state index in [1.54, 1.807) is 4.72 Å². The Morgan fingerprint density at radius 2 is 1.68 bits per heavy atom. The summed E-state index contributed by atoms with van der Waals surface area (Å²) < 4.78 is 91.5. The van der Waals surface area contributed by atoms with E-state index in [2.05, 4.69) is 4.74 Å². The molecule has 1 amide bonds. The first-order chi connectivity index (χ1) is 11.4. The molecule has 140 valence electrons. The fourth-order valence-electron chi connectivity index (χ4n) is 1.41. The lowest BCUT2D eigenvalue weighted by Crippen LogP contribution is -2.38. The SMILES string of the molecule is O=C(COC(=O)CNS(=O)(=O)c1c(F)cccc1F)NCC(F)(F)F. The van der Waals surface area contributed by atoms with Crippen LogP contribution >= 0.6 is 0 Å². The molecule has 1 aromatic rings. The number of hydrogen-bond donors (Lipinski definition) is 2. The second-order valence-corrected chi connectivity index (χ2v) is 6.13. The summed E-state index contributed by atoms with van der Waals surface area (Å²) in [6, 6.07) is 2.29. The number of rotatable bonds is 7. The Morgan fingerprint density at radius 1 is 1.12 bits per heavy atom. The van der Waals surface area contributed by atoms with Gasteiger partial charge in [-0.2, -0.15) is 17.9 Å². The van der Waals surface area contributed by atoms with Crippen molar-refractivity contribution in [2.24, 2.45) is 0 Å². The largest absolute Gasteiger partial charge is 0.455 e. The maximum Gasteiger partial charge on any atom is 0.405 e. The lowest BCUT2D eigenvalue weighted by Gasteiger charge is -2.10. The molecule has 13 heteroatoms. The first-order valence-corrected chi connectivity index (χ1v) is 7.83. The van der Waals surface area contributed by atoms with Crippen LogP contribution in [0.2, 0.25) is 0 Å². The van der Waals surface area contributed by atoms with Crippen molar-refractivity contribution in [2.45, 2.75) is 11.1 Å². The highest BCUT2D eigenvalue weighted by Gasteiger charge is 2.28. The van der Waals surface area contributed by atoms with E-state index in [1.807, 2.05) is 0 Å². The highest BCUT2D eigenvalue weighted by Crippen LogP contribution is 2.17. The Balaban J connectivity index is 2.52. The first-order valence-electron chi connectivity index (χ1n) is 6.35. The van der Waals surface area contributed by atoms with Gasteiger partial charge in [0, 0.05) is 0 Å². The molecule has 1 aromatic carbocycles. The fraction of sp³-hybridized carbons (Fsp3) is 0.333. The van der Waals surface area contributed by atoms with Crippen molar-refractivity contribution in [3.8, 4) is 0 Å². The molecule has 0 aliphatic rings. The third-order valence-electron chi connectivity index (χ3n) is 2.44. The summed E-state index contributed by atoms with van der Waals surface area (Å²) >= 11 is 0. The summed E-state index contributed by atoms with van der Waals surface area (Å²) in [5.74, 6) is -5.41. The van der Waals surface area contributed by atoms with Gasteiger partial charge in [0.25, 0.3) is 5.91 Å². The lowest BCUT2D eigenvalue weighted by molar-refractivity contribution is -0.150. The molecule has 1 rings (SSSR count). The maximum atomic E-state index is 13.4. The van der Waals surface area contributed by atoms with Crippen molar-refractivity contribution in [3.63, 3.8) is 0 Å². The van der Waals surface area contributed by atoms with Crippen molar-refractivity contribution in [3.05, 3.63) is 29.8 Å². The number of carbonyl (C=O) groups excluding carboxylic acids is 2. The lowest BCUT2D eigenvalue weighted by atomic mass is 10.3. The van der Waals surface area contributed by atoms with Gasteiger partial charge in [0.1, 0.15) is 24.7 Å². The average Bonchev–Trinajstić information content (AvgIpc) is 2.48. The molecule has 0 aromatic heterocycles. The monoisotopic (exact) mass is 390 g/mol. The van der Waals surface area contributed by atoms with Crippen LogP contribution in [-0.2, 0) is 24.3 Å². The molecule has 0 aliphatic heterocycles. The number of carbonyl (C=O) groups is 2. The van der Waals surface area contributed by atoms with Crippen LogP contribution in [0.1, 0.15) is 0 Å². The molecule has 0 saturated carbocycles. The van der Waals surface area contributed by atoms with Crippen molar-refractivity contribution in [2.75, 3.05) is 19.7 Å². The number of esters is 1. The van der Waals surface area contributed by atoms with Gasteiger partial charge < -0.3 is 10.1 Å². The smallest absolute Gasteiger partial charge is 0.405 e. The van der Waals surface area contributed by atoms with Gasteiger partial charge in [-0.3, -0.25) is 9.59 Å². The van der Waals surface area contributed by atoms with E-state index in [0.29, 0.717) is 12.1 Å². The molecule has 0 spiro atoms. The molecule has 0 radical (unpaired) electrons. The summed E-state index contributed by atoms with van der Waals surface area (Å²) in [6.07, 6.45) is -4.65. The number of ether oxygens (including phenoxy) is 1. The van der Waals surface area contributed by atoms with Gasteiger partial charge in [0.15, 0.2) is 11.5 Å². The molecule has 0 atom stereocenters. The summed E-state index contributed by atoms with van der Waals surface area (Å²) in [6.45, 7) is -3.82. The van der Waals surface area contributed by atoms with Gasteiger partial charge >= 0.3 is 12.1 Å². The number of halogens is 5. The molecule has 25 heavy (non-hydrogen) atoms. The van der Waals surface area contributed by atoms with Crippen LogP contribution in [0.4, 0.5) is 22.0 Å². The highest BCUT2D eigenvalue weighted by molar-refractivity contribution is 7.89. The Morgan fingerprint density at radius 3 is 2.20 bits per heavy atom. The van der Waals surface area contributed by atoms with Crippen LogP contribution < -0.4 is 10.0 Å². The van der Waals surface area contributed by atoms with Crippen molar-refractivity contribution >= 4 is 21.9 Å². The van der Waals surface area contributed by atoms with Gasteiger partial charge in [-0.25, -0.2) is 17.2 Å². The standard InChI is InChI=1S/C12H11F5N2O5S/c13-7-2-1-3-8(14)11(7)25(22,23)19-4-10(21)24-5-9(20)18-6-12(15,16)17/h1-3,19H,4-6H2,(H,18,20). The molecule has 0 bridgehead atoms. The fourth-order valence-corrected chi connectivity index (χ4v) is 2.51. The van der Waals surface area contributed by atoms with Crippen molar-refractivity contribution < 1.29 is 44.7 Å². The third-order valence-corrected chi connectivity index (χ3v) is 3.90. The van der Waals surface area contributed by atoms with Crippen LogP contribution in [0.5, 0.6) is 0 Å². The predicted molar refractivity (Wildman–Crippen MR) is 71.6 cm³/mol. The predicted octanol–water partition coefficient (Wildman–Crippen LogP) is 0.465. The van der Waals surface area contributed by atoms with Gasteiger partial charge in [-0.15, -0.1) is 0 Å². The minimum absolute atomic E-state index is 0.681. The van der Waals surface area contributed by atoms with E-state index in [9.17, 15) is 40.0 Å². The number of sulfonamides is 1. The van der Waals surface area contributed by atoms with E-state index in [4.69, 9.17) is 0 Å². The van der Waals surface area contributed by atoms with Gasteiger partial charge in [0.2, 0.25) is 10.0 Å². The second kappa shape index (κ2) is 8.20. The molecular weight excluding hydrogens is 379 g/mol. The average molecular weight is 390 g/mol. The Hall–Kier alpha value is -2.28. The van der Waals surface area contributed by atoms with Crippen LogP contribution in [-0.4, -0.2) is 46.2 Å². The van der Waals surface area contributed by atoms with Gasteiger partial charge in [-0.1, -0.05) is 6.07 Å². The van der Waals surface area contributed by atoms with Crippen molar-refractivity contribution in [1.82, 2.24) is 10.0 Å². The minimum Gasteiger partial charge on any atom is -0.455 e. The summed E-state index contributed by atoms with van der Waals surface area (Å²) in [5.41, 5.74) is 0. The zero-order valence-corrected chi connectivity index (χ0v) is 13.0. The van der Waals surface area contributed by atoms with E-state index in [1.165, 1.54) is 5.32 Å². The summed E-state index contributed by atoms with van der Waals surface area (Å²) in [7, 11) is -4.73. The first kappa shape index (κ1) is 20.8. The molecular formula is C12H11F5N2O5S. The molecule has 7 nitrogen and oxygen atoms in total. The van der Waals surface area contributed by atoms with E-state index < -0.39 is 64.3 Å². The Kier molecular flexibility index (Phi) is 6.81. The van der Waals surface area contributed by atoms with Gasteiger partial charge in [0.05, 0.1) is 0 Å². The van der Waals surface area contributed by atoms with Crippen LogP contribution in [0.25, 0.3) is 0 Å². The normalized spacial score (nSPS) is 11.9. The molecule has 0 heterocycles. The minimum atomic E-state index is -4.73. The number of nitrogens with one attached hydrogen (secondary N) is 2. The molecule has 0 unspecified atom stereocenters. The molecule has 0 aliphatic carbocycles. The number of hydrogen-bond acceptors (Lipinski definition) is 5. The molecule has 2 N–H and O–H groups in total. The Bertz CT molecular complexity index is 731. The zero-order valence-electron chi connectivity index (χ0n) is 12.2. The zero-order chi connectivity index (χ0) is 19.3. The maximum absolute atomic E-state index is 13.4. The summed E-state index contributed by atoms with van der Waals surface area (Å²) in [5, 5.41) is 1.41. The van der Waals surface area contributed by atoms with E-state index in [-0.39, 0.29) is 0 Å². The second-order valence-electron chi connectivity index (χ2n) is 4.43. The topological polar surface area (TPSA) is 102 Å². The van der Waals surface area contributed by atoms with Crippen LogP contribution in [0.15, 0.2) is 23.1 Å². The highest BCUT2D eigenvalue weighted by atomic mass is 32.2. The quantitative estimate of drug-likeness (QED) is 0.521. The van der Waals surface area contributed by atoms with Crippen LogP contribution in [0, 0.1) is 11.6 Å².